The van der Waals surface area contributed by atoms with E-state index in [9.17, 15) is 22.7 Å². The zero-order valence-corrected chi connectivity index (χ0v) is 22.8. The van der Waals surface area contributed by atoms with Crippen LogP contribution in [0.5, 0.6) is 5.75 Å². The van der Waals surface area contributed by atoms with Gasteiger partial charge in [-0.25, -0.2) is 17.6 Å². The first-order valence-electron chi connectivity index (χ1n) is 12.0. The van der Waals surface area contributed by atoms with Crippen molar-refractivity contribution in [2.24, 2.45) is 5.41 Å². The SMILES string of the molecule is CCCC[C@]1(CC)CN(c2ccc(F)cc2)c2cc(SC)c(OC[C@H](O)C(=O)OC)cc2S(=O)(=O)C1. The Bertz CT molecular complexity index is 1170. The molecule has 0 unspecified atom stereocenters. The standard InChI is InChI=1S/C26H34FNO6S2/c1-5-7-12-26(6-2)16-28(19-10-8-18(27)9-11-19)20-13-23(35-4)22(14-24(20)36(31,32)17-26)34-15-21(29)25(30)33-3/h8-11,13-14,21,29H,5-7,12,15-17H2,1-4H3/t21-,26+/m0/s1. The highest BCUT2D eigenvalue weighted by Gasteiger charge is 2.42. The number of fused-ring (bicyclic) bond motifs is 1. The van der Waals surface area contributed by atoms with Crippen molar-refractivity contribution in [3.8, 4) is 5.75 Å². The number of hydrogen-bond acceptors (Lipinski definition) is 8. The third-order valence-corrected chi connectivity index (χ3v) is 9.43. The molecule has 0 bridgehead atoms. The number of carbonyl (C=O) groups is 1. The van der Waals surface area contributed by atoms with E-state index in [4.69, 9.17) is 4.74 Å². The van der Waals surface area contributed by atoms with Crippen molar-refractivity contribution in [3.63, 3.8) is 0 Å². The summed E-state index contributed by atoms with van der Waals surface area (Å²) in [5.41, 5.74) is 0.703. The Morgan fingerprint density at radius 3 is 2.53 bits per heavy atom. The van der Waals surface area contributed by atoms with Gasteiger partial charge >= 0.3 is 5.97 Å². The molecule has 1 aliphatic rings. The number of unbranched alkanes of at least 4 members (excludes halogenated alkanes) is 1. The second-order valence-corrected chi connectivity index (χ2v) is 11.9. The van der Waals surface area contributed by atoms with E-state index < -0.39 is 27.3 Å². The lowest BCUT2D eigenvalue weighted by Gasteiger charge is -2.36. The summed E-state index contributed by atoms with van der Waals surface area (Å²) in [4.78, 5) is 14.3. The lowest BCUT2D eigenvalue weighted by atomic mass is 9.81. The van der Waals surface area contributed by atoms with E-state index >= 15 is 0 Å². The Morgan fingerprint density at radius 1 is 1.25 bits per heavy atom. The molecule has 0 aromatic heterocycles. The quantitative estimate of drug-likeness (QED) is 0.334. The summed E-state index contributed by atoms with van der Waals surface area (Å²) in [6.45, 7) is 4.19. The number of rotatable bonds is 10. The molecule has 0 spiro atoms. The Hall–Kier alpha value is -2.30. The molecular formula is C26H34FNO6S2. The molecule has 1 aliphatic heterocycles. The average Bonchev–Trinajstić information content (AvgIpc) is 2.97. The minimum Gasteiger partial charge on any atom is -0.489 e. The number of nitrogens with zero attached hydrogens (tertiary/aromatic N) is 1. The number of halogens is 1. The van der Waals surface area contributed by atoms with Gasteiger partial charge in [0.1, 0.15) is 18.2 Å². The largest absolute Gasteiger partial charge is 0.489 e. The molecule has 1 heterocycles. The van der Waals surface area contributed by atoms with Crippen LogP contribution in [0.2, 0.25) is 0 Å². The van der Waals surface area contributed by atoms with Crippen LogP contribution in [0.25, 0.3) is 0 Å². The van der Waals surface area contributed by atoms with Gasteiger partial charge in [-0.3, -0.25) is 0 Å². The number of aliphatic hydroxyl groups excluding tert-OH is 1. The van der Waals surface area contributed by atoms with Gasteiger partial charge in [-0.15, -0.1) is 11.8 Å². The molecule has 0 radical (unpaired) electrons. The molecule has 36 heavy (non-hydrogen) atoms. The Labute approximate surface area is 216 Å². The molecule has 0 saturated carbocycles. The third kappa shape index (κ3) is 6.15. The average molecular weight is 540 g/mol. The molecule has 0 fully saturated rings. The Kier molecular flexibility index (Phi) is 9.29. The van der Waals surface area contributed by atoms with E-state index in [-0.39, 0.29) is 28.8 Å². The number of esters is 1. The highest BCUT2D eigenvalue weighted by atomic mass is 32.2. The van der Waals surface area contributed by atoms with Crippen molar-refractivity contribution < 1.29 is 32.2 Å². The topological polar surface area (TPSA) is 93.1 Å². The van der Waals surface area contributed by atoms with Gasteiger partial charge in [0, 0.05) is 23.7 Å². The summed E-state index contributed by atoms with van der Waals surface area (Å²) < 4.78 is 51.7. The first-order chi connectivity index (χ1) is 17.1. The number of benzene rings is 2. The number of carbonyl (C=O) groups excluding carboxylic acids is 1. The first-order valence-corrected chi connectivity index (χ1v) is 14.8. The van der Waals surface area contributed by atoms with Crippen LogP contribution in [0.15, 0.2) is 46.2 Å². The van der Waals surface area contributed by atoms with Crippen LogP contribution in [0.3, 0.4) is 0 Å². The molecule has 1 N–H and O–H groups in total. The predicted octanol–water partition coefficient (Wildman–Crippen LogP) is 4.97. The van der Waals surface area contributed by atoms with Gasteiger partial charge in [0.2, 0.25) is 0 Å². The summed E-state index contributed by atoms with van der Waals surface area (Å²) in [5, 5.41) is 9.96. The van der Waals surface area contributed by atoms with Crippen molar-refractivity contribution in [2.75, 3.05) is 37.2 Å². The van der Waals surface area contributed by atoms with Gasteiger partial charge in [0.05, 0.1) is 28.3 Å². The molecule has 0 aliphatic carbocycles. The molecule has 3 rings (SSSR count). The summed E-state index contributed by atoms with van der Waals surface area (Å²) in [5.74, 6) is -0.977. The van der Waals surface area contributed by atoms with Crippen molar-refractivity contribution in [1.29, 1.82) is 0 Å². The number of aliphatic hydroxyl groups is 1. The summed E-state index contributed by atoms with van der Waals surface area (Å²) in [6, 6.07) is 9.29. The number of hydrogen-bond donors (Lipinski definition) is 1. The van der Waals surface area contributed by atoms with Crippen molar-refractivity contribution >= 4 is 38.9 Å². The van der Waals surface area contributed by atoms with E-state index in [0.29, 0.717) is 29.2 Å². The maximum Gasteiger partial charge on any atom is 0.338 e. The minimum absolute atomic E-state index is 0.0238. The zero-order valence-electron chi connectivity index (χ0n) is 21.1. The van der Waals surface area contributed by atoms with Crippen LogP contribution in [-0.2, 0) is 19.4 Å². The number of thioether (sulfide) groups is 1. The molecule has 7 nitrogen and oxygen atoms in total. The molecular weight excluding hydrogens is 505 g/mol. The highest BCUT2D eigenvalue weighted by Crippen LogP contribution is 2.47. The van der Waals surface area contributed by atoms with Gasteiger partial charge in [-0.1, -0.05) is 26.7 Å². The number of anilines is 2. The van der Waals surface area contributed by atoms with E-state index in [1.165, 1.54) is 30.0 Å². The monoisotopic (exact) mass is 539 g/mol. The van der Waals surface area contributed by atoms with Crippen LogP contribution in [0, 0.1) is 11.2 Å². The predicted molar refractivity (Wildman–Crippen MR) is 139 cm³/mol. The maximum atomic E-state index is 13.8. The number of ether oxygens (including phenoxy) is 2. The van der Waals surface area contributed by atoms with Crippen LogP contribution in [-0.4, -0.2) is 57.9 Å². The molecule has 198 valence electrons. The lowest BCUT2D eigenvalue weighted by Crippen LogP contribution is -2.37. The molecule has 2 atom stereocenters. The van der Waals surface area contributed by atoms with Gasteiger partial charge in [0.25, 0.3) is 0 Å². The van der Waals surface area contributed by atoms with Crippen molar-refractivity contribution in [3.05, 3.63) is 42.2 Å². The molecule has 0 saturated heterocycles. The smallest absolute Gasteiger partial charge is 0.338 e. The lowest BCUT2D eigenvalue weighted by molar-refractivity contribution is -0.151. The van der Waals surface area contributed by atoms with E-state index in [0.717, 1.165) is 26.4 Å². The number of sulfone groups is 1. The Balaban J connectivity index is 2.17. The van der Waals surface area contributed by atoms with Gasteiger partial charge < -0.3 is 19.5 Å². The zero-order chi connectivity index (χ0) is 26.5. The Morgan fingerprint density at radius 2 is 1.94 bits per heavy atom. The second kappa shape index (κ2) is 11.8. The first kappa shape index (κ1) is 28.3. The fourth-order valence-corrected chi connectivity index (χ4v) is 7.25. The summed E-state index contributed by atoms with van der Waals surface area (Å²) in [7, 11) is -2.58. The molecule has 2 aromatic rings. The normalized spacial score (nSPS) is 19.8. The molecule has 0 amide bonds. The number of methoxy groups -OCH3 is 1. The van der Waals surface area contributed by atoms with Gasteiger partial charge in [0.15, 0.2) is 15.9 Å². The summed E-state index contributed by atoms with van der Waals surface area (Å²) >= 11 is 1.36. The fourth-order valence-electron chi connectivity index (χ4n) is 4.53. The van der Waals surface area contributed by atoms with Gasteiger partial charge in [-0.2, -0.15) is 0 Å². The van der Waals surface area contributed by atoms with Crippen molar-refractivity contribution in [2.45, 2.75) is 55.4 Å². The highest BCUT2D eigenvalue weighted by molar-refractivity contribution is 7.98. The van der Waals surface area contributed by atoms with E-state index in [1.54, 1.807) is 18.2 Å². The summed E-state index contributed by atoms with van der Waals surface area (Å²) in [6.07, 6.45) is 3.58. The van der Waals surface area contributed by atoms with Crippen molar-refractivity contribution in [1.82, 2.24) is 0 Å². The van der Waals surface area contributed by atoms with Crippen LogP contribution in [0.4, 0.5) is 15.8 Å². The van der Waals surface area contributed by atoms with E-state index in [2.05, 4.69) is 11.7 Å². The minimum atomic E-state index is -3.74. The van der Waals surface area contributed by atoms with E-state index in [1.807, 2.05) is 18.1 Å². The van der Waals surface area contributed by atoms with Crippen LogP contribution in [0.1, 0.15) is 39.5 Å². The van der Waals surface area contributed by atoms with Crippen LogP contribution < -0.4 is 9.64 Å². The fraction of sp³-hybridized carbons (Fsp3) is 0.500. The van der Waals surface area contributed by atoms with Crippen LogP contribution >= 0.6 is 11.8 Å². The molecule has 10 heteroatoms. The maximum absolute atomic E-state index is 13.8. The second-order valence-electron chi connectivity index (χ2n) is 9.10. The third-order valence-electron chi connectivity index (χ3n) is 6.68. The molecule has 2 aromatic carbocycles. The van der Waals surface area contributed by atoms with Gasteiger partial charge in [-0.05, 0) is 49.4 Å².